The highest BCUT2D eigenvalue weighted by Crippen LogP contribution is 2.47. The molecule has 2 fully saturated rings. The Morgan fingerprint density at radius 2 is 2.11 bits per heavy atom. The Morgan fingerprint density at radius 3 is 2.82 bits per heavy atom. The molecule has 2 unspecified atom stereocenters. The number of anilines is 1. The van der Waals surface area contributed by atoms with E-state index >= 15 is 0 Å². The zero-order valence-electron chi connectivity index (χ0n) is 20.7. The SMILES string of the molecule is Cn1cc(C2CC2C(=O)Nc2cc(-c3ccc(O[C@H]4CCN(C(=O)CO)C[C@H]4F)c(C#N)c3)ccn2)cn1. The summed E-state index contributed by atoms with van der Waals surface area (Å²) >= 11 is 0. The molecule has 0 spiro atoms. The number of benzene rings is 1. The molecule has 5 rings (SSSR count). The number of hydrogen-bond acceptors (Lipinski definition) is 7. The van der Waals surface area contributed by atoms with E-state index in [0.29, 0.717) is 11.4 Å². The number of aromatic nitrogens is 3. The van der Waals surface area contributed by atoms with E-state index in [9.17, 15) is 19.2 Å². The second-order valence-electron chi connectivity index (χ2n) is 9.60. The fourth-order valence-corrected chi connectivity index (χ4v) is 4.79. The van der Waals surface area contributed by atoms with Crippen molar-refractivity contribution < 1.29 is 23.8 Å². The lowest BCUT2D eigenvalue weighted by molar-refractivity contribution is -0.138. The Balaban J connectivity index is 1.25. The van der Waals surface area contributed by atoms with Crippen molar-refractivity contribution in [3.8, 4) is 22.9 Å². The predicted octanol–water partition coefficient (Wildman–Crippen LogP) is 2.41. The molecule has 2 amide bonds. The van der Waals surface area contributed by atoms with Crippen molar-refractivity contribution in [2.45, 2.75) is 31.0 Å². The molecular weight excluding hydrogens is 491 g/mol. The molecule has 2 aliphatic rings. The van der Waals surface area contributed by atoms with Crippen LogP contribution in [0.5, 0.6) is 5.75 Å². The molecule has 4 atom stereocenters. The number of nitrogens with one attached hydrogen (secondary N) is 1. The van der Waals surface area contributed by atoms with Crippen LogP contribution in [0, 0.1) is 17.2 Å². The van der Waals surface area contributed by atoms with Gasteiger partial charge in [0.25, 0.3) is 0 Å². The van der Waals surface area contributed by atoms with Gasteiger partial charge in [0.2, 0.25) is 11.8 Å². The average molecular weight is 519 g/mol. The minimum absolute atomic E-state index is 0.0996. The van der Waals surface area contributed by atoms with Crippen molar-refractivity contribution >= 4 is 17.6 Å². The van der Waals surface area contributed by atoms with E-state index in [1.54, 1.807) is 47.4 Å². The summed E-state index contributed by atoms with van der Waals surface area (Å²) in [7, 11) is 1.84. The molecule has 3 aromatic rings. The minimum atomic E-state index is -1.44. The van der Waals surface area contributed by atoms with Gasteiger partial charge in [0, 0.05) is 38.3 Å². The third-order valence-electron chi connectivity index (χ3n) is 6.97. The van der Waals surface area contributed by atoms with Gasteiger partial charge in [-0.2, -0.15) is 10.4 Å². The zero-order chi connectivity index (χ0) is 26.8. The van der Waals surface area contributed by atoms with Gasteiger partial charge < -0.3 is 20.1 Å². The highest BCUT2D eigenvalue weighted by Gasteiger charge is 2.44. The molecule has 1 saturated heterocycles. The number of nitriles is 1. The van der Waals surface area contributed by atoms with Gasteiger partial charge in [-0.1, -0.05) is 6.07 Å². The Labute approximate surface area is 218 Å². The number of carbonyl (C=O) groups excluding carboxylic acids is 2. The van der Waals surface area contributed by atoms with Crippen molar-refractivity contribution in [2.75, 3.05) is 25.0 Å². The first kappa shape index (κ1) is 25.4. The normalized spacial score (nSPS) is 22.4. The van der Waals surface area contributed by atoms with Crippen molar-refractivity contribution in [2.24, 2.45) is 13.0 Å². The summed E-state index contributed by atoms with van der Waals surface area (Å²) in [5.74, 6) is 0.0726. The van der Waals surface area contributed by atoms with Gasteiger partial charge in [-0.3, -0.25) is 14.3 Å². The number of aliphatic hydroxyl groups is 1. The van der Waals surface area contributed by atoms with Crippen LogP contribution in [-0.2, 0) is 16.6 Å². The molecule has 1 aromatic carbocycles. The van der Waals surface area contributed by atoms with E-state index in [1.165, 1.54) is 4.90 Å². The van der Waals surface area contributed by atoms with Crippen LogP contribution in [0.4, 0.5) is 10.2 Å². The van der Waals surface area contributed by atoms with E-state index in [1.807, 2.05) is 13.2 Å². The summed E-state index contributed by atoms with van der Waals surface area (Å²) in [5.41, 5.74) is 2.75. The highest BCUT2D eigenvalue weighted by molar-refractivity contribution is 5.95. The van der Waals surface area contributed by atoms with Crippen LogP contribution in [-0.4, -0.2) is 68.6 Å². The molecule has 2 aromatic heterocycles. The lowest BCUT2D eigenvalue weighted by atomic mass is 10.0. The maximum atomic E-state index is 14.7. The van der Waals surface area contributed by atoms with E-state index < -0.39 is 24.8 Å². The second kappa shape index (κ2) is 10.6. The van der Waals surface area contributed by atoms with Crippen LogP contribution in [0.3, 0.4) is 0 Å². The van der Waals surface area contributed by atoms with Crippen molar-refractivity contribution in [3.63, 3.8) is 0 Å². The van der Waals surface area contributed by atoms with Gasteiger partial charge >= 0.3 is 0 Å². The fraction of sp³-hybridized carbons (Fsp3) is 0.370. The van der Waals surface area contributed by atoms with Gasteiger partial charge in [0.05, 0.1) is 18.3 Å². The van der Waals surface area contributed by atoms with Crippen molar-refractivity contribution in [3.05, 3.63) is 60.0 Å². The molecule has 0 radical (unpaired) electrons. The Kier molecular flexibility index (Phi) is 7.07. The van der Waals surface area contributed by atoms with Gasteiger partial charge in [-0.25, -0.2) is 9.37 Å². The number of piperidine rings is 1. The van der Waals surface area contributed by atoms with E-state index in [-0.39, 0.29) is 48.6 Å². The van der Waals surface area contributed by atoms with Crippen LogP contribution in [0.15, 0.2) is 48.9 Å². The van der Waals surface area contributed by atoms with E-state index in [0.717, 1.165) is 17.5 Å². The first-order chi connectivity index (χ1) is 18.4. The van der Waals surface area contributed by atoms with E-state index in [2.05, 4.69) is 21.5 Å². The third kappa shape index (κ3) is 5.35. The molecule has 196 valence electrons. The number of aliphatic hydroxyl groups excluding tert-OH is 1. The number of alkyl halides is 1. The molecule has 1 aliphatic heterocycles. The molecule has 0 bridgehead atoms. The van der Waals surface area contributed by atoms with Crippen molar-refractivity contribution in [1.82, 2.24) is 19.7 Å². The molecule has 1 aliphatic carbocycles. The zero-order valence-corrected chi connectivity index (χ0v) is 20.7. The number of likely N-dealkylation sites (tertiary alicyclic amines) is 1. The van der Waals surface area contributed by atoms with Crippen LogP contribution in [0.2, 0.25) is 0 Å². The topological polar surface area (TPSA) is 133 Å². The van der Waals surface area contributed by atoms with Crippen LogP contribution in [0.1, 0.15) is 29.9 Å². The predicted molar refractivity (Wildman–Crippen MR) is 135 cm³/mol. The molecule has 1 saturated carbocycles. The van der Waals surface area contributed by atoms with Gasteiger partial charge in [-0.05, 0) is 53.3 Å². The lowest BCUT2D eigenvalue weighted by Gasteiger charge is -2.34. The number of amides is 2. The quantitative estimate of drug-likeness (QED) is 0.491. The number of rotatable bonds is 7. The summed E-state index contributed by atoms with van der Waals surface area (Å²) in [6.45, 7) is -0.565. The molecule has 10 nitrogen and oxygen atoms in total. The number of halogens is 1. The van der Waals surface area contributed by atoms with Crippen LogP contribution in [0.25, 0.3) is 11.1 Å². The standard InChI is InChI=1S/C27H27FN6O4/c1-33-13-19(12-31-33)20-10-21(20)27(37)32-25-9-17(4-6-30-25)16-2-3-23(18(8-16)11-29)38-24-5-7-34(14-22(24)28)26(36)15-35/h2-4,6,8-9,12-13,20-22,24,35H,5,7,10,14-15H2,1H3,(H,30,32,37)/t20?,21?,22-,24+/m1/s1. The maximum absolute atomic E-state index is 14.7. The molecule has 3 heterocycles. The molecule has 38 heavy (non-hydrogen) atoms. The third-order valence-corrected chi connectivity index (χ3v) is 6.97. The van der Waals surface area contributed by atoms with Crippen LogP contribution >= 0.6 is 0 Å². The van der Waals surface area contributed by atoms with Gasteiger partial charge in [-0.15, -0.1) is 0 Å². The Bertz CT molecular complexity index is 1400. The van der Waals surface area contributed by atoms with E-state index in [4.69, 9.17) is 9.84 Å². The lowest BCUT2D eigenvalue weighted by Crippen LogP contribution is -2.50. The summed E-state index contributed by atoms with van der Waals surface area (Å²) in [5, 5.41) is 25.8. The average Bonchev–Trinajstić information content (AvgIpc) is 3.62. The largest absolute Gasteiger partial charge is 0.486 e. The molecule has 11 heteroatoms. The summed E-state index contributed by atoms with van der Waals surface area (Å²) in [4.78, 5) is 29.9. The first-order valence-electron chi connectivity index (χ1n) is 12.4. The Morgan fingerprint density at radius 1 is 1.29 bits per heavy atom. The second-order valence-corrected chi connectivity index (χ2v) is 9.60. The highest BCUT2D eigenvalue weighted by atomic mass is 19.1. The number of ether oxygens (including phenoxy) is 1. The maximum Gasteiger partial charge on any atom is 0.248 e. The minimum Gasteiger partial charge on any atom is -0.486 e. The summed E-state index contributed by atoms with van der Waals surface area (Å²) in [6, 6.07) is 10.6. The molecular formula is C27H27FN6O4. The summed E-state index contributed by atoms with van der Waals surface area (Å²) < 4.78 is 22.2. The van der Waals surface area contributed by atoms with Crippen molar-refractivity contribution in [1.29, 1.82) is 5.26 Å². The van der Waals surface area contributed by atoms with Crippen LogP contribution < -0.4 is 10.1 Å². The molecule has 2 N–H and O–H groups in total. The smallest absolute Gasteiger partial charge is 0.248 e. The monoisotopic (exact) mass is 518 g/mol. The number of hydrogen-bond donors (Lipinski definition) is 2. The number of carbonyl (C=O) groups is 2. The Hall–Kier alpha value is -4.30. The summed E-state index contributed by atoms with van der Waals surface area (Å²) in [6.07, 6.45) is 4.05. The first-order valence-corrected chi connectivity index (χ1v) is 12.4. The van der Waals surface area contributed by atoms with Gasteiger partial charge in [0.1, 0.15) is 30.3 Å². The number of pyridine rings is 1. The fourth-order valence-electron chi connectivity index (χ4n) is 4.79. The number of aryl methyl sites for hydroxylation is 1. The van der Waals surface area contributed by atoms with Gasteiger partial charge in [0.15, 0.2) is 6.17 Å². The number of nitrogens with zero attached hydrogens (tertiary/aromatic N) is 5.